The molecule has 0 amide bonds. The van der Waals surface area contributed by atoms with Crippen molar-refractivity contribution < 1.29 is 10.2 Å². The molecule has 0 aliphatic heterocycles. The fraction of sp³-hybridized carbons (Fsp3) is 0.222. The van der Waals surface area contributed by atoms with Crippen LogP contribution in [0.4, 0.5) is 0 Å². The summed E-state index contributed by atoms with van der Waals surface area (Å²) < 4.78 is 0. The van der Waals surface area contributed by atoms with Crippen LogP contribution in [-0.2, 0) is 0 Å². The van der Waals surface area contributed by atoms with Gasteiger partial charge in [0.1, 0.15) is 5.75 Å². The number of phenols is 1. The van der Waals surface area contributed by atoms with Gasteiger partial charge in [-0.2, -0.15) is 0 Å². The van der Waals surface area contributed by atoms with Crippen LogP contribution < -0.4 is 0 Å². The summed E-state index contributed by atoms with van der Waals surface area (Å²) in [7, 11) is 0. The predicted octanol–water partition coefficient (Wildman–Crippen LogP) is 4.18. The number of benzene rings is 2. The number of aromatic hydroxyl groups is 1. The normalized spacial score (nSPS) is 14.3. The summed E-state index contributed by atoms with van der Waals surface area (Å²) in [6.45, 7) is 2.07. The number of rotatable bonds is 5. The van der Waals surface area contributed by atoms with E-state index in [0.29, 0.717) is 0 Å². The van der Waals surface area contributed by atoms with Crippen LogP contribution >= 0.6 is 0 Å². The molecule has 0 aliphatic carbocycles. The molecule has 2 heteroatoms. The molecular formula is C18H20O2. The SMILES string of the molecule is CCC=C[C@H](c1ccccc1)[C@H](O)c1cccc(O)c1. The molecule has 0 saturated carbocycles. The molecule has 0 saturated heterocycles. The Kier molecular flexibility index (Phi) is 4.97. The molecule has 2 aromatic carbocycles. The second kappa shape index (κ2) is 6.92. The van der Waals surface area contributed by atoms with Gasteiger partial charge in [0.2, 0.25) is 0 Å². The minimum absolute atomic E-state index is 0.113. The molecule has 2 nitrogen and oxygen atoms in total. The lowest BCUT2D eigenvalue weighted by atomic mass is 9.88. The molecular weight excluding hydrogens is 248 g/mol. The molecule has 20 heavy (non-hydrogen) atoms. The molecule has 0 radical (unpaired) electrons. The predicted molar refractivity (Wildman–Crippen MR) is 81.7 cm³/mol. The molecule has 0 unspecified atom stereocenters. The third-order valence-electron chi connectivity index (χ3n) is 3.32. The van der Waals surface area contributed by atoms with Crippen molar-refractivity contribution in [2.75, 3.05) is 0 Å². The van der Waals surface area contributed by atoms with E-state index in [1.54, 1.807) is 18.2 Å². The van der Waals surface area contributed by atoms with Crippen molar-refractivity contribution in [2.45, 2.75) is 25.4 Å². The molecule has 0 aliphatic rings. The summed E-state index contributed by atoms with van der Waals surface area (Å²) >= 11 is 0. The highest BCUT2D eigenvalue weighted by Gasteiger charge is 2.20. The van der Waals surface area contributed by atoms with E-state index in [9.17, 15) is 10.2 Å². The maximum atomic E-state index is 10.6. The van der Waals surface area contributed by atoms with Gasteiger partial charge in [-0.3, -0.25) is 0 Å². The minimum atomic E-state index is -0.674. The zero-order chi connectivity index (χ0) is 14.4. The molecule has 0 spiro atoms. The van der Waals surface area contributed by atoms with Gasteiger partial charge in [-0.25, -0.2) is 0 Å². The highest BCUT2D eigenvalue weighted by atomic mass is 16.3. The first-order valence-electron chi connectivity index (χ1n) is 6.91. The summed E-state index contributed by atoms with van der Waals surface area (Å²) in [5, 5.41) is 20.2. The van der Waals surface area contributed by atoms with Gasteiger partial charge in [0, 0.05) is 5.92 Å². The first kappa shape index (κ1) is 14.4. The Hall–Kier alpha value is -2.06. The molecule has 0 aromatic heterocycles. The fourth-order valence-corrected chi connectivity index (χ4v) is 2.27. The van der Waals surface area contributed by atoms with E-state index < -0.39 is 6.10 Å². The number of aliphatic hydroxyl groups excluding tert-OH is 1. The molecule has 0 fully saturated rings. The van der Waals surface area contributed by atoms with E-state index in [2.05, 4.69) is 13.0 Å². The minimum Gasteiger partial charge on any atom is -0.508 e. The topological polar surface area (TPSA) is 40.5 Å². The highest BCUT2D eigenvalue weighted by Crippen LogP contribution is 2.33. The van der Waals surface area contributed by atoms with E-state index in [0.717, 1.165) is 17.5 Å². The summed E-state index contributed by atoms with van der Waals surface area (Å²) in [4.78, 5) is 0. The Morgan fingerprint density at radius 1 is 1.00 bits per heavy atom. The fourth-order valence-electron chi connectivity index (χ4n) is 2.27. The number of allylic oxidation sites excluding steroid dienone is 1. The first-order valence-corrected chi connectivity index (χ1v) is 6.91. The van der Waals surface area contributed by atoms with Gasteiger partial charge in [-0.1, -0.05) is 61.5 Å². The zero-order valence-corrected chi connectivity index (χ0v) is 11.6. The smallest absolute Gasteiger partial charge is 0.115 e. The van der Waals surface area contributed by atoms with Crippen molar-refractivity contribution in [1.29, 1.82) is 0 Å². The van der Waals surface area contributed by atoms with Gasteiger partial charge in [0.15, 0.2) is 0 Å². The van der Waals surface area contributed by atoms with Crippen molar-refractivity contribution in [2.24, 2.45) is 0 Å². The Labute approximate surface area is 120 Å². The third kappa shape index (κ3) is 3.49. The summed E-state index contributed by atoms with van der Waals surface area (Å²) in [6, 6.07) is 16.7. The number of aliphatic hydroxyl groups is 1. The van der Waals surface area contributed by atoms with Gasteiger partial charge < -0.3 is 10.2 Å². The number of phenolic OH excluding ortho intramolecular Hbond substituents is 1. The van der Waals surface area contributed by atoms with Crippen LogP contribution in [-0.4, -0.2) is 10.2 Å². The van der Waals surface area contributed by atoms with Crippen molar-refractivity contribution in [3.63, 3.8) is 0 Å². The van der Waals surface area contributed by atoms with Crippen LogP contribution in [0.3, 0.4) is 0 Å². The molecule has 0 bridgehead atoms. The number of hydrogen-bond acceptors (Lipinski definition) is 2. The third-order valence-corrected chi connectivity index (χ3v) is 3.32. The second-order valence-electron chi connectivity index (χ2n) is 4.81. The van der Waals surface area contributed by atoms with E-state index >= 15 is 0 Å². The maximum absolute atomic E-state index is 10.6. The van der Waals surface area contributed by atoms with Crippen molar-refractivity contribution in [3.05, 3.63) is 77.9 Å². The Bertz CT molecular complexity index is 561. The van der Waals surface area contributed by atoms with Crippen LogP contribution in [0.25, 0.3) is 0 Å². The average molecular weight is 268 g/mol. The lowest BCUT2D eigenvalue weighted by molar-refractivity contribution is 0.161. The molecule has 2 N–H and O–H groups in total. The van der Waals surface area contributed by atoms with Gasteiger partial charge in [0.25, 0.3) is 0 Å². The van der Waals surface area contributed by atoms with Crippen LogP contribution in [0, 0.1) is 0 Å². The van der Waals surface area contributed by atoms with E-state index in [-0.39, 0.29) is 11.7 Å². The monoisotopic (exact) mass is 268 g/mol. The van der Waals surface area contributed by atoms with Gasteiger partial charge in [-0.15, -0.1) is 0 Å². The largest absolute Gasteiger partial charge is 0.508 e. The van der Waals surface area contributed by atoms with Crippen molar-refractivity contribution in [1.82, 2.24) is 0 Å². The lowest BCUT2D eigenvalue weighted by Crippen LogP contribution is -2.08. The number of hydrogen-bond donors (Lipinski definition) is 2. The molecule has 104 valence electrons. The Balaban J connectivity index is 2.34. The summed E-state index contributed by atoms with van der Waals surface area (Å²) in [5.41, 5.74) is 1.78. The molecule has 2 aromatic rings. The zero-order valence-electron chi connectivity index (χ0n) is 11.6. The lowest BCUT2D eigenvalue weighted by Gasteiger charge is -2.21. The van der Waals surface area contributed by atoms with Gasteiger partial charge >= 0.3 is 0 Å². The van der Waals surface area contributed by atoms with Crippen LogP contribution in [0.2, 0.25) is 0 Å². The Morgan fingerprint density at radius 3 is 2.35 bits per heavy atom. The quantitative estimate of drug-likeness (QED) is 0.799. The second-order valence-corrected chi connectivity index (χ2v) is 4.81. The van der Waals surface area contributed by atoms with Crippen LogP contribution in [0.5, 0.6) is 5.75 Å². The first-order chi connectivity index (χ1) is 9.72. The van der Waals surface area contributed by atoms with Crippen molar-refractivity contribution in [3.8, 4) is 5.75 Å². The molecule has 2 rings (SSSR count). The molecule has 0 heterocycles. The van der Waals surface area contributed by atoms with E-state index in [1.165, 1.54) is 0 Å². The average Bonchev–Trinajstić information content (AvgIpc) is 2.48. The van der Waals surface area contributed by atoms with E-state index in [4.69, 9.17) is 0 Å². The van der Waals surface area contributed by atoms with Crippen molar-refractivity contribution >= 4 is 0 Å². The van der Waals surface area contributed by atoms with Crippen LogP contribution in [0.15, 0.2) is 66.7 Å². The van der Waals surface area contributed by atoms with Gasteiger partial charge in [-0.05, 0) is 29.7 Å². The van der Waals surface area contributed by atoms with Crippen LogP contribution in [0.1, 0.15) is 36.5 Å². The summed E-state index contributed by atoms with van der Waals surface area (Å²) in [6.07, 6.45) is 4.34. The van der Waals surface area contributed by atoms with Gasteiger partial charge in [0.05, 0.1) is 6.10 Å². The Morgan fingerprint density at radius 2 is 1.70 bits per heavy atom. The molecule has 2 atom stereocenters. The standard InChI is InChI=1S/C18H20O2/c1-2-3-12-17(14-8-5-4-6-9-14)18(20)15-10-7-11-16(19)13-15/h3-13,17-20H,2H2,1H3/t17-,18-/m1/s1. The maximum Gasteiger partial charge on any atom is 0.115 e. The highest BCUT2D eigenvalue weighted by molar-refractivity contribution is 5.34. The van der Waals surface area contributed by atoms with E-state index in [1.807, 2.05) is 42.5 Å². The summed E-state index contributed by atoms with van der Waals surface area (Å²) in [5.74, 6) is 0.0609.